The highest BCUT2D eigenvalue weighted by Gasteiger charge is 1.96. The van der Waals surface area contributed by atoms with Gasteiger partial charge in [0.25, 0.3) is 0 Å². The molecule has 0 N–H and O–H groups in total. The molecule has 0 radical (unpaired) electrons. The Morgan fingerprint density at radius 1 is 1.21 bits per heavy atom. The number of hydrogen-bond donors (Lipinski definition) is 0. The normalized spacial score (nSPS) is 10.1. The summed E-state index contributed by atoms with van der Waals surface area (Å²) in [4.78, 5) is 7.87. The lowest BCUT2D eigenvalue weighted by molar-refractivity contribution is 0.107. The molecule has 0 aliphatic heterocycles. The van der Waals surface area contributed by atoms with Gasteiger partial charge < -0.3 is 9.47 Å². The minimum atomic E-state index is 0.350. The van der Waals surface area contributed by atoms with Gasteiger partial charge in [0.05, 0.1) is 17.7 Å². The van der Waals surface area contributed by atoms with Gasteiger partial charge in [-0.05, 0) is 15.9 Å². The maximum absolute atomic E-state index is 5.42. The zero-order valence-corrected chi connectivity index (χ0v) is 9.79. The minimum Gasteiger partial charge on any atom is -0.461 e. The molecule has 1 rings (SSSR count). The Bertz CT molecular complexity index is 258. The molecule has 4 nitrogen and oxygen atoms in total. The molecule has 1 heterocycles. The molecule has 6 heteroatoms. The van der Waals surface area contributed by atoms with E-state index in [4.69, 9.17) is 21.1 Å². The monoisotopic (exact) mass is 280 g/mol. The Kier molecular flexibility index (Phi) is 5.82. The van der Waals surface area contributed by atoms with E-state index < -0.39 is 0 Å². The van der Waals surface area contributed by atoms with Gasteiger partial charge in [-0.15, -0.1) is 11.6 Å². The highest BCUT2D eigenvalue weighted by Crippen LogP contribution is 2.07. The average molecular weight is 282 g/mol. The molecule has 0 saturated heterocycles. The summed E-state index contributed by atoms with van der Waals surface area (Å²) < 4.78 is 11.1. The van der Waals surface area contributed by atoms with Gasteiger partial charge >= 0.3 is 6.01 Å². The van der Waals surface area contributed by atoms with Crippen molar-refractivity contribution in [3.8, 4) is 6.01 Å². The lowest BCUT2D eigenvalue weighted by Gasteiger charge is -2.03. The number of hydrogen-bond acceptors (Lipinski definition) is 4. The summed E-state index contributed by atoms with van der Waals surface area (Å²) in [5.74, 6) is 0.495. The van der Waals surface area contributed by atoms with Gasteiger partial charge in [0.15, 0.2) is 0 Å². The van der Waals surface area contributed by atoms with Crippen LogP contribution in [0.2, 0.25) is 0 Å². The first kappa shape index (κ1) is 11.7. The fraction of sp³-hybridized carbons (Fsp3) is 0.500. The number of halogens is 2. The molecule has 0 aliphatic carbocycles. The minimum absolute atomic E-state index is 0.350. The van der Waals surface area contributed by atoms with Crippen LogP contribution in [-0.2, 0) is 4.74 Å². The van der Waals surface area contributed by atoms with Crippen molar-refractivity contribution in [1.82, 2.24) is 9.97 Å². The summed E-state index contributed by atoms with van der Waals surface area (Å²) >= 11 is 8.65. The van der Waals surface area contributed by atoms with Crippen LogP contribution in [0.4, 0.5) is 0 Å². The molecule has 1 aromatic heterocycles. The first-order valence-electron chi connectivity index (χ1n) is 4.07. The highest BCUT2D eigenvalue weighted by atomic mass is 79.9. The van der Waals surface area contributed by atoms with Crippen LogP contribution >= 0.6 is 27.5 Å². The summed E-state index contributed by atoms with van der Waals surface area (Å²) in [7, 11) is 0. The number of ether oxygens (including phenoxy) is 2. The van der Waals surface area contributed by atoms with Crippen LogP contribution in [0, 0.1) is 0 Å². The third kappa shape index (κ3) is 4.74. The zero-order valence-electron chi connectivity index (χ0n) is 7.45. The second-order valence-corrected chi connectivity index (χ2v) is 3.63. The van der Waals surface area contributed by atoms with Crippen LogP contribution in [-0.4, -0.2) is 35.7 Å². The topological polar surface area (TPSA) is 44.2 Å². The molecule has 0 saturated carbocycles. The summed E-state index contributed by atoms with van der Waals surface area (Å²) in [6, 6.07) is 0.350. The van der Waals surface area contributed by atoms with Crippen molar-refractivity contribution in [2.45, 2.75) is 0 Å². The predicted octanol–water partition coefficient (Wildman–Crippen LogP) is 1.87. The van der Waals surface area contributed by atoms with E-state index in [0.717, 1.165) is 4.47 Å². The fourth-order valence-corrected chi connectivity index (χ4v) is 1.04. The first-order chi connectivity index (χ1) is 6.83. The van der Waals surface area contributed by atoms with Crippen LogP contribution in [0.1, 0.15) is 0 Å². The van der Waals surface area contributed by atoms with E-state index in [0.29, 0.717) is 31.7 Å². The van der Waals surface area contributed by atoms with E-state index in [1.54, 1.807) is 12.4 Å². The molecule has 0 atom stereocenters. The zero-order chi connectivity index (χ0) is 10.2. The molecule has 14 heavy (non-hydrogen) atoms. The molecule has 0 bridgehead atoms. The van der Waals surface area contributed by atoms with Crippen molar-refractivity contribution in [1.29, 1.82) is 0 Å². The van der Waals surface area contributed by atoms with Gasteiger partial charge in [-0.1, -0.05) is 0 Å². The van der Waals surface area contributed by atoms with Crippen molar-refractivity contribution in [2.24, 2.45) is 0 Å². The standard InChI is InChI=1S/C8H10BrClN2O2/c9-7-5-11-8(12-6-7)14-4-3-13-2-1-10/h5-6H,1-4H2. The summed E-state index contributed by atoms with van der Waals surface area (Å²) in [6.45, 7) is 1.46. The third-order valence-corrected chi connectivity index (χ3v) is 1.84. The molecular weight excluding hydrogens is 271 g/mol. The predicted molar refractivity (Wildman–Crippen MR) is 56.8 cm³/mol. The van der Waals surface area contributed by atoms with Crippen molar-refractivity contribution >= 4 is 27.5 Å². The number of nitrogens with zero attached hydrogens (tertiary/aromatic N) is 2. The smallest absolute Gasteiger partial charge is 0.316 e. The maximum Gasteiger partial charge on any atom is 0.316 e. The van der Waals surface area contributed by atoms with Gasteiger partial charge in [0, 0.05) is 18.3 Å². The van der Waals surface area contributed by atoms with Gasteiger partial charge in [0.2, 0.25) is 0 Å². The maximum atomic E-state index is 5.42. The Morgan fingerprint density at radius 2 is 1.93 bits per heavy atom. The molecule has 0 fully saturated rings. The highest BCUT2D eigenvalue weighted by molar-refractivity contribution is 9.10. The van der Waals surface area contributed by atoms with Gasteiger partial charge in [-0.3, -0.25) is 0 Å². The lowest BCUT2D eigenvalue weighted by atomic mass is 10.7. The van der Waals surface area contributed by atoms with E-state index in [2.05, 4.69) is 25.9 Å². The van der Waals surface area contributed by atoms with Crippen molar-refractivity contribution in [2.75, 3.05) is 25.7 Å². The Morgan fingerprint density at radius 3 is 2.57 bits per heavy atom. The summed E-state index contributed by atoms with van der Waals surface area (Å²) in [5.41, 5.74) is 0. The van der Waals surface area contributed by atoms with Crippen molar-refractivity contribution < 1.29 is 9.47 Å². The van der Waals surface area contributed by atoms with Gasteiger partial charge in [-0.2, -0.15) is 0 Å². The number of aromatic nitrogens is 2. The van der Waals surface area contributed by atoms with E-state index >= 15 is 0 Å². The van der Waals surface area contributed by atoms with Crippen LogP contribution in [0.5, 0.6) is 6.01 Å². The second-order valence-electron chi connectivity index (χ2n) is 2.33. The number of rotatable bonds is 6. The van der Waals surface area contributed by atoms with Crippen molar-refractivity contribution in [3.05, 3.63) is 16.9 Å². The molecule has 0 spiro atoms. The third-order valence-electron chi connectivity index (χ3n) is 1.28. The molecule has 78 valence electrons. The summed E-state index contributed by atoms with van der Waals surface area (Å²) in [5, 5.41) is 0. The quantitative estimate of drug-likeness (QED) is 0.590. The molecule has 0 amide bonds. The molecule has 0 unspecified atom stereocenters. The Hall–Kier alpha value is -0.390. The van der Waals surface area contributed by atoms with Gasteiger partial charge in [0.1, 0.15) is 6.61 Å². The molecule has 0 aromatic carbocycles. The van der Waals surface area contributed by atoms with Crippen molar-refractivity contribution in [3.63, 3.8) is 0 Å². The Balaban J connectivity index is 2.15. The van der Waals surface area contributed by atoms with E-state index in [1.165, 1.54) is 0 Å². The second kappa shape index (κ2) is 6.98. The molecule has 1 aromatic rings. The van der Waals surface area contributed by atoms with Gasteiger partial charge in [-0.25, -0.2) is 9.97 Å². The first-order valence-corrected chi connectivity index (χ1v) is 5.39. The number of alkyl halides is 1. The Labute approximate surface area is 95.7 Å². The summed E-state index contributed by atoms with van der Waals surface area (Å²) in [6.07, 6.45) is 3.25. The lowest BCUT2D eigenvalue weighted by Crippen LogP contribution is -2.09. The van der Waals surface area contributed by atoms with E-state index in [9.17, 15) is 0 Å². The van der Waals surface area contributed by atoms with Crippen LogP contribution in [0.3, 0.4) is 0 Å². The van der Waals surface area contributed by atoms with Crippen LogP contribution in [0.25, 0.3) is 0 Å². The van der Waals surface area contributed by atoms with E-state index in [1.807, 2.05) is 0 Å². The average Bonchev–Trinajstić information content (AvgIpc) is 2.21. The molecule has 0 aliphatic rings. The van der Waals surface area contributed by atoms with E-state index in [-0.39, 0.29) is 0 Å². The van der Waals surface area contributed by atoms with Crippen LogP contribution in [0.15, 0.2) is 16.9 Å². The SMILES string of the molecule is ClCCOCCOc1ncc(Br)cn1. The fourth-order valence-electron chi connectivity index (χ4n) is 0.723. The molecular formula is C8H10BrClN2O2. The van der Waals surface area contributed by atoms with Crippen LogP contribution < -0.4 is 4.74 Å². The largest absolute Gasteiger partial charge is 0.461 e.